The van der Waals surface area contributed by atoms with Crippen molar-refractivity contribution in [1.29, 1.82) is 5.26 Å². The Balaban J connectivity index is 2.05. The Kier molecular flexibility index (Phi) is 6.45. The molecule has 1 heterocycles. The number of nitriles is 1. The maximum absolute atomic E-state index is 12.9. The summed E-state index contributed by atoms with van der Waals surface area (Å²) < 4.78 is 44.0. The first-order chi connectivity index (χ1) is 12.2. The van der Waals surface area contributed by atoms with Crippen LogP contribution in [0.15, 0.2) is 24.3 Å². The van der Waals surface area contributed by atoms with Gasteiger partial charge >= 0.3 is 12.2 Å². The molecule has 6 nitrogen and oxygen atoms in total. The molecule has 1 N–H and O–H groups in total. The molecule has 1 aromatic carbocycles. The second kappa shape index (κ2) is 8.38. The van der Waals surface area contributed by atoms with Gasteiger partial charge in [-0.05, 0) is 31.8 Å². The van der Waals surface area contributed by atoms with Gasteiger partial charge in [-0.15, -0.1) is 0 Å². The summed E-state index contributed by atoms with van der Waals surface area (Å²) in [5.41, 5.74) is -0.264. The first-order valence-corrected chi connectivity index (χ1v) is 8.10. The van der Waals surface area contributed by atoms with Crippen LogP contribution in [0.2, 0.25) is 0 Å². The van der Waals surface area contributed by atoms with Gasteiger partial charge in [-0.3, -0.25) is 0 Å². The predicted molar refractivity (Wildman–Crippen MR) is 88.2 cm³/mol. The van der Waals surface area contributed by atoms with Gasteiger partial charge in [-0.1, -0.05) is 12.1 Å². The number of hydrogen-bond donors (Lipinski definition) is 1. The lowest BCUT2D eigenvalue weighted by atomic mass is 10.0. The van der Waals surface area contributed by atoms with E-state index in [1.54, 1.807) is 25.1 Å². The SMILES string of the molecule is CN(C)C(CNC(=O)N1CCOC(C#N)C1)c1cccc(C(F)(F)F)c1. The van der Waals surface area contributed by atoms with Crippen molar-refractivity contribution in [3.63, 3.8) is 0 Å². The molecular weight excluding hydrogens is 349 g/mol. The number of carbonyl (C=O) groups excluding carboxylic acids is 1. The Morgan fingerprint density at radius 1 is 1.50 bits per heavy atom. The highest BCUT2D eigenvalue weighted by atomic mass is 19.4. The summed E-state index contributed by atoms with van der Waals surface area (Å²) in [4.78, 5) is 15.5. The number of carbonyl (C=O) groups is 1. The highest BCUT2D eigenvalue weighted by molar-refractivity contribution is 5.74. The van der Waals surface area contributed by atoms with E-state index in [4.69, 9.17) is 10.00 Å². The molecule has 0 aliphatic carbocycles. The number of urea groups is 1. The number of likely N-dealkylation sites (N-methyl/N-ethyl adjacent to an activating group) is 1. The van der Waals surface area contributed by atoms with Gasteiger partial charge in [0, 0.05) is 13.1 Å². The number of amides is 2. The molecule has 2 amide bonds. The van der Waals surface area contributed by atoms with E-state index in [2.05, 4.69) is 5.32 Å². The molecule has 2 atom stereocenters. The lowest BCUT2D eigenvalue weighted by Crippen LogP contribution is -2.50. The molecular formula is C17H21F3N4O2. The molecule has 142 valence electrons. The monoisotopic (exact) mass is 370 g/mol. The van der Waals surface area contributed by atoms with Crippen molar-refractivity contribution < 1.29 is 22.7 Å². The van der Waals surface area contributed by atoms with Crippen LogP contribution in [0.1, 0.15) is 17.2 Å². The number of alkyl halides is 3. The summed E-state index contributed by atoms with van der Waals surface area (Å²) in [6.45, 7) is 0.941. The Hall–Kier alpha value is -2.31. The van der Waals surface area contributed by atoms with Crippen molar-refractivity contribution in [3.05, 3.63) is 35.4 Å². The fourth-order valence-corrected chi connectivity index (χ4v) is 2.73. The van der Waals surface area contributed by atoms with E-state index in [0.717, 1.165) is 12.1 Å². The fraction of sp³-hybridized carbons (Fsp3) is 0.529. The highest BCUT2D eigenvalue weighted by Gasteiger charge is 2.31. The van der Waals surface area contributed by atoms with Gasteiger partial charge in [0.1, 0.15) is 0 Å². The third-order valence-electron chi connectivity index (χ3n) is 4.17. The number of hydrogen-bond acceptors (Lipinski definition) is 4. The van der Waals surface area contributed by atoms with Crippen molar-refractivity contribution in [2.45, 2.75) is 18.3 Å². The second-order valence-electron chi connectivity index (χ2n) is 6.22. The molecule has 0 radical (unpaired) electrons. The van der Waals surface area contributed by atoms with Crippen LogP contribution in [0.5, 0.6) is 0 Å². The average molecular weight is 370 g/mol. The Bertz CT molecular complexity index is 673. The topological polar surface area (TPSA) is 68.6 Å². The van der Waals surface area contributed by atoms with Crippen molar-refractivity contribution >= 4 is 6.03 Å². The van der Waals surface area contributed by atoms with E-state index in [1.165, 1.54) is 11.0 Å². The maximum atomic E-state index is 12.9. The van der Waals surface area contributed by atoms with Crippen LogP contribution in [0, 0.1) is 11.3 Å². The summed E-state index contributed by atoms with van der Waals surface area (Å²) in [5, 5.41) is 11.6. The van der Waals surface area contributed by atoms with E-state index in [0.29, 0.717) is 12.1 Å². The van der Waals surface area contributed by atoms with E-state index in [-0.39, 0.29) is 25.7 Å². The van der Waals surface area contributed by atoms with Crippen LogP contribution in [0.25, 0.3) is 0 Å². The summed E-state index contributed by atoms with van der Waals surface area (Å²) in [6.07, 6.45) is -5.08. The molecule has 1 aliphatic heterocycles. The summed E-state index contributed by atoms with van der Waals surface area (Å²) in [5.74, 6) is 0. The number of nitrogens with one attached hydrogen (secondary N) is 1. The van der Waals surface area contributed by atoms with Crippen molar-refractivity contribution in [1.82, 2.24) is 15.1 Å². The van der Waals surface area contributed by atoms with Gasteiger partial charge in [0.15, 0.2) is 6.10 Å². The minimum atomic E-state index is -4.42. The molecule has 1 aliphatic rings. The fourth-order valence-electron chi connectivity index (χ4n) is 2.73. The zero-order chi connectivity index (χ0) is 19.3. The molecule has 1 saturated heterocycles. The number of morpholine rings is 1. The van der Waals surface area contributed by atoms with Crippen molar-refractivity contribution in [3.8, 4) is 6.07 Å². The third kappa shape index (κ3) is 5.09. The van der Waals surface area contributed by atoms with E-state index >= 15 is 0 Å². The first kappa shape index (κ1) is 20.0. The molecule has 1 fully saturated rings. The lowest BCUT2D eigenvalue weighted by Gasteiger charge is -2.31. The highest BCUT2D eigenvalue weighted by Crippen LogP contribution is 2.31. The third-order valence-corrected chi connectivity index (χ3v) is 4.17. The Labute approximate surface area is 150 Å². The molecule has 9 heteroatoms. The first-order valence-electron chi connectivity index (χ1n) is 8.10. The van der Waals surface area contributed by atoms with Gasteiger partial charge in [0.05, 0.1) is 30.8 Å². The molecule has 1 aromatic rings. The molecule has 0 aromatic heterocycles. The largest absolute Gasteiger partial charge is 0.416 e. The van der Waals surface area contributed by atoms with Crippen LogP contribution in [0.3, 0.4) is 0 Å². The van der Waals surface area contributed by atoms with Crippen LogP contribution in [-0.4, -0.2) is 62.3 Å². The lowest BCUT2D eigenvalue weighted by molar-refractivity contribution is -0.137. The molecule has 26 heavy (non-hydrogen) atoms. The molecule has 2 rings (SSSR count). The van der Waals surface area contributed by atoms with Gasteiger partial charge in [0.2, 0.25) is 0 Å². The van der Waals surface area contributed by atoms with Gasteiger partial charge in [0.25, 0.3) is 0 Å². The van der Waals surface area contributed by atoms with Crippen molar-refractivity contribution in [2.24, 2.45) is 0 Å². The molecule has 2 unspecified atom stereocenters. The second-order valence-corrected chi connectivity index (χ2v) is 6.22. The van der Waals surface area contributed by atoms with Gasteiger partial charge in [-0.2, -0.15) is 18.4 Å². The number of halogens is 3. The predicted octanol–water partition coefficient (Wildman–Crippen LogP) is 2.24. The molecule has 0 saturated carbocycles. The number of rotatable bonds is 4. The maximum Gasteiger partial charge on any atom is 0.416 e. The van der Waals surface area contributed by atoms with E-state index < -0.39 is 23.9 Å². The number of nitrogens with zero attached hydrogens (tertiary/aromatic N) is 3. The number of ether oxygens (including phenoxy) is 1. The quantitative estimate of drug-likeness (QED) is 0.883. The van der Waals surface area contributed by atoms with Crippen LogP contribution >= 0.6 is 0 Å². The summed E-state index contributed by atoms with van der Waals surface area (Å²) in [6, 6.07) is 6.24. The van der Waals surface area contributed by atoms with Gasteiger partial charge in [-0.25, -0.2) is 4.79 Å². The minimum absolute atomic E-state index is 0.141. The molecule has 0 spiro atoms. The van der Waals surface area contributed by atoms with Gasteiger partial charge < -0.3 is 19.9 Å². The standard InChI is InChI=1S/C17H21F3N4O2/c1-23(2)15(12-4-3-5-13(8-12)17(18,19)20)10-22-16(25)24-6-7-26-14(9-21)11-24/h3-5,8,14-15H,6-7,10-11H2,1-2H3,(H,22,25). The van der Waals surface area contributed by atoms with Crippen LogP contribution in [-0.2, 0) is 10.9 Å². The number of benzene rings is 1. The van der Waals surface area contributed by atoms with Crippen LogP contribution in [0.4, 0.5) is 18.0 Å². The van der Waals surface area contributed by atoms with E-state index in [9.17, 15) is 18.0 Å². The van der Waals surface area contributed by atoms with Crippen molar-refractivity contribution in [2.75, 3.05) is 40.3 Å². The zero-order valence-electron chi connectivity index (χ0n) is 14.6. The molecule has 0 bridgehead atoms. The smallest absolute Gasteiger partial charge is 0.360 e. The summed E-state index contributed by atoms with van der Waals surface area (Å²) in [7, 11) is 3.47. The van der Waals surface area contributed by atoms with Crippen LogP contribution < -0.4 is 5.32 Å². The van der Waals surface area contributed by atoms with E-state index in [1.807, 2.05) is 6.07 Å². The Morgan fingerprint density at radius 3 is 2.85 bits per heavy atom. The average Bonchev–Trinajstić information content (AvgIpc) is 2.61. The normalized spacial score (nSPS) is 19.1. The minimum Gasteiger partial charge on any atom is -0.360 e. The Morgan fingerprint density at radius 2 is 2.23 bits per heavy atom. The zero-order valence-corrected chi connectivity index (χ0v) is 14.6. The summed E-state index contributed by atoms with van der Waals surface area (Å²) >= 11 is 0.